The molecule has 0 amide bonds. The fourth-order valence-corrected chi connectivity index (χ4v) is 3.12. The van der Waals surface area contributed by atoms with Gasteiger partial charge in [-0.3, -0.25) is 0 Å². The maximum Gasteiger partial charge on any atom is 0.172 e. The van der Waals surface area contributed by atoms with Crippen molar-refractivity contribution in [3.05, 3.63) is 45.0 Å². The molecule has 2 aromatic rings. The number of aromatic nitrogens is 2. The van der Waals surface area contributed by atoms with Crippen molar-refractivity contribution < 1.29 is 0 Å². The third kappa shape index (κ3) is 2.89. The van der Waals surface area contributed by atoms with Gasteiger partial charge in [-0.2, -0.15) is 0 Å². The highest BCUT2D eigenvalue weighted by Crippen LogP contribution is 2.37. The maximum absolute atomic E-state index is 6.31. The molecule has 21 heavy (non-hydrogen) atoms. The number of fused-ring (bicyclic) bond motifs is 1. The van der Waals surface area contributed by atoms with Crippen LogP contribution in [0.1, 0.15) is 18.5 Å². The standard InChI is InChI=1S/C14H13Cl3N4/c1-8(10-6-9(15)2-3-11(10)16)21-5-4-18-14-12(21)7-13(17)19-20-14/h2-3,6-8H,4-5H2,1H3,(H,18,20). The van der Waals surface area contributed by atoms with E-state index >= 15 is 0 Å². The molecule has 0 bridgehead atoms. The highest BCUT2D eigenvalue weighted by Gasteiger charge is 2.25. The van der Waals surface area contributed by atoms with E-state index in [-0.39, 0.29) is 6.04 Å². The van der Waals surface area contributed by atoms with Crippen LogP contribution in [0.3, 0.4) is 0 Å². The lowest BCUT2D eigenvalue weighted by molar-refractivity contribution is 0.663. The number of hydrogen-bond acceptors (Lipinski definition) is 4. The lowest BCUT2D eigenvalue weighted by Crippen LogP contribution is -2.36. The van der Waals surface area contributed by atoms with Crippen LogP contribution in [0.25, 0.3) is 0 Å². The van der Waals surface area contributed by atoms with Gasteiger partial charge in [-0.25, -0.2) is 0 Å². The number of anilines is 2. The lowest BCUT2D eigenvalue weighted by atomic mass is 10.1. The minimum absolute atomic E-state index is 0.0531. The Morgan fingerprint density at radius 2 is 2.00 bits per heavy atom. The van der Waals surface area contributed by atoms with Crippen molar-refractivity contribution in [3.63, 3.8) is 0 Å². The zero-order valence-corrected chi connectivity index (χ0v) is 13.5. The Kier molecular flexibility index (Phi) is 4.11. The molecule has 0 saturated heterocycles. The molecule has 1 N–H and O–H groups in total. The molecule has 1 unspecified atom stereocenters. The molecule has 110 valence electrons. The second-order valence-corrected chi connectivity index (χ2v) is 6.09. The summed E-state index contributed by atoms with van der Waals surface area (Å²) in [6, 6.07) is 7.36. The highest BCUT2D eigenvalue weighted by atomic mass is 35.5. The van der Waals surface area contributed by atoms with Crippen molar-refractivity contribution in [1.82, 2.24) is 10.2 Å². The van der Waals surface area contributed by atoms with Crippen LogP contribution < -0.4 is 10.2 Å². The minimum atomic E-state index is 0.0531. The van der Waals surface area contributed by atoms with E-state index in [1.807, 2.05) is 18.2 Å². The first-order chi connectivity index (χ1) is 10.1. The third-order valence-corrected chi connectivity index (χ3v) is 4.34. The molecule has 0 fully saturated rings. The summed E-state index contributed by atoms with van der Waals surface area (Å²) >= 11 is 18.4. The average Bonchev–Trinajstić information content (AvgIpc) is 2.48. The first-order valence-electron chi connectivity index (χ1n) is 6.55. The third-order valence-electron chi connectivity index (χ3n) is 3.57. The molecule has 4 nitrogen and oxygen atoms in total. The van der Waals surface area contributed by atoms with Crippen LogP contribution in [-0.2, 0) is 0 Å². The Morgan fingerprint density at radius 1 is 1.19 bits per heavy atom. The van der Waals surface area contributed by atoms with Crippen molar-refractivity contribution >= 4 is 46.3 Å². The Bertz CT molecular complexity index is 677. The van der Waals surface area contributed by atoms with Gasteiger partial charge in [-0.05, 0) is 30.7 Å². The summed E-state index contributed by atoms with van der Waals surface area (Å²) < 4.78 is 0. The summed E-state index contributed by atoms with van der Waals surface area (Å²) in [5.41, 5.74) is 1.90. The van der Waals surface area contributed by atoms with Crippen molar-refractivity contribution in [2.45, 2.75) is 13.0 Å². The van der Waals surface area contributed by atoms with Crippen molar-refractivity contribution in [3.8, 4) is 0 Å². The van der Waals surface area contributed by atoms with Crippen LogP contribution in [0.4, 0.5) is 11.5 Å². The van der Waals surface area contributed by atoms with Gasteiger partial charge in [-0.1, -0.05) is 34.8 Å². The van der Waals surface area contributed by atoms with Crippen molar-refractivity contribution in [2.75, 3.05) is 23.3 Å². The molecule has 1 aromatic carbocycles. The van der Waals surface area contributed by atoms with Crippen LogP contribution in [0, 0.1) is 0 Å². The predicted molar refractivity (Wildman–Crippen MR) is 87.8 cm³/mol. The van der Waals surface area contributed by atoms with Crippen LogP contribution in [0.2, 0.25) is 15.2 Å². The van der Waals surface area contributed by atoms with E-state index in [4.69, 9.17) is 34.8 Å². The largest absolute Gasteiger partial charge is 0.365 e. The van der Waals surface area contributed by atoms with Gasteiger partial charge in [-0.15, -0.1) is 10.2 Å². The summed E-state index contributed by atoms with van der Waals surface area (Å²) in [6.45, 7) is 3.69. The quantitative estimate of drug-likeness (QED) is 0.876. The summed E-state index contributed by atoms with van der Waals surface area (Å²) in [7, 11) is 0. The Morgan fingerprint density at radius 3 is 2.81 bits per heavy atom. The van der Waals surface area contributed by atoms with Gasteiger partial charge >= 0.3 is 0 Å². The van der Waals surface area contributed by atoms with Crippen LogP contribution in [0.5, 0.6) is 0 Å². The van der Waals surface area contributed by atoms with Gasteiger partial charge in [0, 0.05) is 29.2 Å². The van der Waals surface area contributed by atoms with Gasteiger partial charge in [0.1, 0.15) is 0 Å². The van der Waals surface area contributed by atoms with Gasteiger partial charge in [0.15, 0.2) is 11.0 Å². The van der Waals surface area contributed by atoms with E-state index in [0.717, 1.165) is 30.2 Å². The number of benzene rings is 1. The predicted octanol–water partition coefficient (Wildman–Crippen LogP) is 4.43. The normalized spacial score (nSPS) is 15.3. The molecule has 3 rings (SSSR count). The van der Waals surface area contributed by atoms with Crippen LogP contribution >= 0.6 is 34.8 Å². The summed E-state index contributed by atoms with van der Waals surface area (Å²) in [6.07, 6.45) is 0. The average molecular weight is 344 g/mol. The molecule has 0 spiro atoms. The molecule has 1 atom stereocenters. The van der Waals surface area contributed by atoms with Crippen molar-refractivity contribution in [2.24, 2.45) is 0 Å². The Balaban J connectivity index is 2.01. The van der Waals surface area contributed by atoms with E-state index < -0.39 is 0 Å². The smallest absolute Gasteiger partial charge is 0.172 e. The number of hydrogen-bond donors (Lipinski definition) is 1. The SMILES string of the molecule is CC(c1cc(Cl)ccc1Cl)N1CCNc2nnc(Cl)cc21. The Labute approximate surface area is 138 Å². The molecule has 1 aliphatic rings. The minimum Gasteiger partial charge on any atom is -0.365 e. The highest BCUT2D eigenvalue weighted by molar-refractivity contribution is 6.33. The van der Waals surface area contributed by atoms with E-state index in [9.17, 15) is 0 Å². The topological polar surface area (TPSA) is 41.0 Å². The molecule has 1 aromatic heterocycles. The van der Waals surface area contributed by atoms with Crippen LogP contribution in [-0.4, -0.2) is 23.3 Å². The molecule has 1 aliphatic heterocycles. The number of nitrogens with zero attached hydrogens (tertiary/aromatic N) is 3. The molecular formula is C14H13Cl3N4. The molecule has 7 heteroatoms. The molecular weight excluding hydrogens is 331 g/mol. The van der Waals surface area contributed by atoms with Gasteiger partial charge < -0.3 is 10.2 Å². The molecule has 0 saturated carbocycles. The fourth-order valence-electron chi connectivity index (χ4n) is 2.52. The van der Waals surface area contributed by atoms with E-state index in [1.54, 1.807) is 6.07 Å². The van der Waals surface area contributed by atoms with Crippen LogP contribution in [0.15, 0.2) is 24.3 Å². The first-order valence-corrected chi connectivity index (χ1v) is 7.68. The van der Waals surface area contributed by atoms with Gasteiger partial charge in [0.2, 0.25) is 0 Å². The number of nitrogens with one attached hydrogen (secondary N) is 1. The van der Waals surface area contributed by atoms with E-state index in [0.29, 0.717) is 15.2 Å². The van der Waals surface area contributed by atoms with E-state index in [2.05, 4.69) is 27.3 Å². The molecule has 0 radical (unpaired) electrons. The first kappa shape index (κ1) is 14.7. The van der Waals surface area contributed by atoms with Gasteiger partial charge in [0.25, 0.3) is 0 Å². The summed E-state index contributed by atoms with van der Waals surface area (Å²) in [5.74, 6) is 0.732. The zero-order valence-electron chi connectivity index (χ0n) is 11.3. The molecule has 0 aliphatic carbocycles. The lowest BCUT2D eigenvalue weighted by Gasteiger charge is -2.36. The van der Waals surface area contributed by atoms with Crippen molar-refractivity contribution in [1.29, 1.82) is 0 Å². The second kappa shape index (κ2) is 5.87. The number of halogens is 3. The fraction of sp³-hybridized carbons (Fsp3) is 0.286. The zero-order chi connectivity index (χ0) is 15.0. The van der Waals surface area contributed by atoms with E-state index in [1.165, 1.54) is 0 Å². The molecule has 2 heterocycles. The summed E-state index contributed by atoms with van der Waals surface area (Å²) in [5, 5.41) is 12.9. The maximum atomic E-state index is 6.31. The monoisotopic (exact) mass is 342 g/mol. The van der Waals surface area contributed by atoms with Gasteiger partial charge in [0.05, 0.1) is 11.7 Å². The number of rotatable bonds is 2. The Hall–Kier alpha value is -1.23. The summed E-state index contributed by atoms with van der Waals surface area (Å²) in [4.78, 5) is 2.20. The second-order valence-electron chi connectivity index (χ2n) is 4.86.